The van der Waals surface area contributed by atoms with Gasteiger partial charge in [0.25, 0.3) is 0 Å². The third-order valence-electron chi connectivity index (χ3n) is 4.24. The molecule has 0 saturated carbocycles. The van der Waals surface area contributed by atoms with Crippen LogP contribution in [0.2, 0.25) is 0 Å². The van der Waals surface area contributed by atoms with Gasteiger partial charge in [-0.05, 0) is 51.4 Å². The number of rotatable bonds is 12. The van der Waals surface area contributed by atoms with E-state index in [0.717, 1.165) is 63.6 Å². The van der Waals surface area contributed by atoms with E-state index in [-0.39, 0.29) is 30.6 Å². The van der Waals surface area contributed by atoms with Gasteiger partial charge in [-0.1, -0.05) is 13.8 Å². The van der Waals surface area contributed by atoms with E-state index in [1.54, 1.807) is 0 Å². The van der Waals surface area contributed by atoms with Crippen LogP contribution in [0.15, 0.2) is 17.4 Å². The Morgan fingerprint density at radius 3 is 2.65 bits per heavy atom. The number of aliphatic hydroxyl groups is 1. The minimum atomic E-state index is 0. The Bertz CT molecular complexity index is 490. The molecule has 0 aromatic carbocycles. The summed E-state index contributed by atoms with van der Waals surface area (Å²) in [5.41, 5.74) is 0. The fraction of sp³-hybridized carbons (Fsp3) is 0.789. The van der Waals surface area contributed by atoms with E-state index in [9.17, 15) is 5.11 Å². The fourth-order valence-electron chi connectivity index (χ4n) is 2.95. The van der Waals surface area contributed by atoms with Crippen LogP contribution < -0.4 is 10.6 Å². The summed E-state index contributed by atoms with van der Waals surface area (Å²) < 4.78 is 2.19. The van der Waals surface area contributed by atoms with Gasteiger partial charge >= 0.3 is 0 Å². The quantitative estimate of drug-likeness (QED) is 0.186. The number of aromatic nitrogens is 2. The van der Waals surface area contributed by atoms with Gasteiger partial charge in [0.2, 0.25) is 0 Å². The van der Waals surface area contributed by atoms with Gasteiger partial charge < -0.3 is 20.3 Å². The lowest BCUT2D eigenvalue weighted by atomic mass is 9.94. The lowest BCUT2D eigenvalue weighted by Crippen LogP contribution is -2.38. The molecule has 1 atom stereocenters. The zero-order chi connectivity index (χ0) is 18.5. The van der Waals surface area contributed by atoms with E-state index in [0.29, 0.717) is 11.8 Å². The lowest BCUT2D eigenvalue weighted by molar-refractivity contribution is 0.245. The molecular formula is C19H38IN5O. The van der Waals surface area contributed by atoms with E-state index in [1.807, 2.05) is 19.3 Å². The summed E-state index contributed by atoms with van der Waals surface area (Å²) >= 11 is 0. The van der Waals surface area contributed by atoms with Crippen molar-refractivity contribution in [2.45, 2.75) is 59.9 Å². The first-order chi connectivity index (χ1) is 12.1. The van der Waals surface area contributed by atoms with Gasteiger partial charge in [0, 0.05) is 45.2 Å². The number of aliphatic hydroxyl groups excluding tert-OH is 1. The van der Waals surface area contributed by atoms with Crippen LogP contribution in [0.4, 0.5) is 0 Å². The van der Waals surface area contributed by atoms with Crippen LogP contribution in [-0.4, -0.2) is 46.9 Å². The van der Waals surface area contributed by atoms with Crippen molar-refractivity contribution in [3.63, 3.8) is 0 Å². The minimum absolute atomic E-state index is 0. The van der Waals surface area contributed by atoms with Crippen molar-refractivity contribution in [2.24, 2.45) is 16.8 Å². The zero-order valence-corrected chi connectivity index (χ0v) is 19.2. The third kappa shape index (κ3) is 11.0. The molecule has 0 spiro atoms. The van der Waals surface area contributed by atoms with E-state index >= 15 is 0 Å². The van der Waals surface area contributed by atoms with Crippen LogP contribution in [0.1, 0.15) is 52.3 Å². The highest BCUT2D eigenvalue weighted by atomic mass is 127. The highest BCUT2D eigenvalue weighted by Crippen LogP contribution is 2.15. The first-order valence-electron chi connectivity index (χ1n) is 9.67. The summed E-state index contributed by atoms with van der Waals surface area (Å²) in [5.74, 6) is 3.04. The van der Waals surface area contributed by atoms with Crippen molar-refractivity contribution < 1.29 is 5.11 Å². The topological polar surface area (TPSA) is 74.5 Å². The fourth-order valence-corrected chi connectivity index (χ4v) is 2.95. The number of nitrogens with one attached hydrogen (secondary N) is 2. The van der Waals surface area contributed by atoms with Gasteiger partial charge in [-0.25, -0.2) is 4.98 Å². The molecule has 0 saturated heterocycles. The molecular weight excluding hydrogens is 441 g/mol. The molecule has 3 N–H and O–H groups in total. The van der Waals surface area contributed by atoms with Gasteiger partial charge in [0.15, 0.2) is 5.96 Å². The molecule has 1 heterocycles. The third-order valence-corrected chi connectivity index (χ3v) is 4.24. The molecule has 1 rings (SSSR count). The van der Waals surface area contributed by atoms with Crippen molar-refractivity contribution in [1.82, 2.24) is 20.2 Å². The van der Waals surface area contributed by atoms with Crippen LogP contribution in [0.5, 0.6) is 0 Å². The number of aliphatic imine (C=N–C) groups is 1. The maximum Gasteiger partial charge on any atom is 0.191 e. The highest BCUT2D eigenvalue weighted by molar-refractivity contribution is 14.0. The number of nitrogens with zero attached hydrogens (tertiary/aromatic N) is 3. The average Bonchev–Trinajstić information content (AvgIpc) is 2.97. The minimum Gasteiger partial charge on any atom is -0.396 e. The van der Waals surface area contributed by atoms with Crippen molar-refractivity contribution in [3.8, 4) is 0 Å². The number of imidazole rings is 1. The van der Waals surface area contributed by atoms with E-state index in [1.165, 1.54) is 0 Å². The Labute approximate surface area is 176 Å². The zero-order valence-electron chi connectivity index (χ0n) is 16.9. The second kappa shape index (κ2) is 15.2. The summed E-state index contributed by atoms with van der Waals surface area (Å²) in [6.07, 6.45) is 8.02. The van der Waals surface area contributed by atoms with Gasteiger partial charge in [-0.15, -0.1) is 24.0 Å². The van der Waals surface area contributed by atoms with Crippen molar-refractivity contribution in [3.05, 3.63) is 18.2 Å². The summed E-state index contributed by atoms with van der Waals surface area (Å²) in [6, 6.07) is 0. The van der Waals surface area contributed by atoms with Crippen molar-refractivity contribution >= 4 is 29.9 Å². The molecule has 0 aliphatic heterocycles. The van der Waals surface area contributed by atoms with Crippen LogP contribution in [0, 0.1) is 18.8 Å². The number of hydrogen-bond acceptors (Lipinski definition) is 3. The molecule has 1 aromatic rings. The Kier molecular flexibility index (Phi) is 14.8. The molecule has 26 heavy (non-hydrogen) atoms. The molecule has 0 aliphatic rings. The monoisotopic (exact) mass is 479 g/mol. The molecule has 0 bridgehead atoms. The molecule has 0 amide bonds. The van der Waals surface area contributed by atoms with Gasteiger partial charge in [-0.3, -0.25) is 4.99 Å². The average molecular weight is 479 g/mol. The molecule has 7 heteroatoms. The summed E-state index contributed by atoms with van der Waals surface area (Å²) in [6.45, 7) is 12.3. The number of hydrogen-bond donors (Lipinski definition) is 3. The molecule has 0 aliphatic carbocycles. The largest absolute Gasteiger partial charge is 0.396 e. The SMILES string of the molecule is CCNC(=NCC(CCO)CC(C)C)NCCCCn1ccnc1C.I. The second-order valence-corrected chi connectivity index (χ2v) is 7.03. The Morgan fingerprint density at radius 2 is 2.08 bits per heavy atom. The lowest BCUT2D eigenvalue weighted by Gasteiger charge is -2.17. The molecule has 152 valence electrons. The number of guanidine groups is 1. The summed E-state index contributed by atoms with van der Waals surface area (Å²) in [4.78, 5) is 8.96. The number of unbranched alkanes of at least 4 members (excludes halogenated alkanes) is 1. The first-order valence-corrected chi connectivity index (χ1v) is 9.67. The predicted octanol–water partition coefficient (Wildman–Crippen LogP) is 3.19. The summed E-state index contributed by atoms with van der Waals surface area (Å²) in [7, 11) is 0. The Morgan fingerprint density at radius 1 is 1.31 bits per heavy atom. The predicted molar refractivity (Wildman–Crippen MR) is 120 cm³/mol. The Balaban J connectivity index is 0.00000625. The van der Waals surface area contributed by atoms with Crippen molar-refractivity contribution in [2.75, 3.05) is 26.2 Å². The highest BCUT2D eigenvalue weighted by Gasteiger charge is 2.10. The maximum atomic E-state index is 9.23. The number of halogens is 1. The van der Waals surface area contributed by atoms with Crippen LogP contribution in [-0.2, 0) is 6.54 Å². The van der Waals surface area contributed by atoms with Gasteiger partial charge in [0.05, 0.1) is 0 Å². The normalized spacial score (nSPS) is 12.8. The van der Waals surface area contributed by atoms with Crippen LogP contribution >= 0.6 is 24.0 Å². The second-order valence-electron chi connectivity index (χ2n) is 7.03. The van der Waals surface area contributed by atoms with Gasteiger partial charge in [0.1, 0.15) is 5.82 Å². The Hall–Kier alpha value is -0.830. The molecule has 0 radical (unpaired) electrons. The molecule has 1 unspecified atom stereocenters. The smallest absolute Gasteiger partial charge is 0.191 e. The maximum absolute atomic E-state index is 9.23. The number of aryl methyl sites for hydroxylation is 2. The van der Waals surface area contributed by atoms with Crippen molar-refractivity contribution in [1.29, 1.82) is 0 Å². The standard InChI is InChI=1S/C19H37N5O.HI/c1-5-20-19(23-15-18(8-13-25)14-16(2)3)22-9-6-7-11-24-12-10-21-17(24)4;/h10,12,16,18,25H,5-9,11,13-15H2,1-4H3,(H2,20,22,23);1H. The molecule has 0 fully saturated rings. The van der Waals surface area contributed by atoms with Crippen LogP contribution in [0.25, 0.3) is 0 Å². The molecule has 6 nitrogen and oxygen atoms in total. The van der Waals surface area contributed by atoms with Gasteiger partial charge in [-0.2, -0.15) is 0 Å². The van der Waals surface area contributed by atoms with E-state index < -0.39 is 0 Å². The summed E-state index contributed by atoms with van der Waals surface area (Å²) in [5, 5.41) is 16.0. The van der Waals surface area contributed by atoms with E-state index in [2.05, 4.69) is 41.0 Å². The molecule has 1 aromatic heterocycles. The first kappa shape index (κ1) is 25.2. The van der Waals surface area contributed by atoms with Crippen LogP contribution in [0.3, 0.4) is 0 Å². The van der Waals surface area contributed by atoms with E-state index in [4.69, 9.17) is 4.99 Å².